The first kappa shape index (κ1) is 14.3. The first-order valence-electron chi connectivity index (χ1n) is 7.89. The minimum atomic E-state index is 0.667. The first-order chi connectivity index (χ1) is 8.74. The Kier molecular flexibility index (Phi) is 5.93. The molecule has 2 atom stereocenters. The Labute approximate surface area is 113 Å². The molecule has 2 rings (SSSR count). The Morgan fingerprint density at radius 3 is 2.67 bits per heavy atom. The molecule has 0 aromatic carbocycles. The molecule has 0 aromatic rings. The van der Waals surface area contributed by atoms with Crippen LogP contribution in [0.1, 0.15) is 45.4 Å². The van der Waals surface area contributed by atoms with Gasteiger partial charge in [0.25, 0.3) is 0 Å². The van der Waals surface area contributed by atoms with Gasteiger partial charge in [0, 0.05) is 12.1 Å². The minimum Gasteiger partial charge on any atom is -0.314 e. The fourth-order valence-corrected chi connectivity index (χ4v) is 3.27. The van der Waals surface area contributed by atoms with Crippen molar-refractivity contribution in [3.8, 4) is 0 Å². The Bertz CT molecular complexity index is 218. The maximum Gasteiger partial charge on any atom is 0.00817 e. The van der Waals surface area contributed by atoms with Crippen molar-refractivity contribution in [2.75, 3.05) is 33.2 Å². The third-order valence-electron chi connectivity index (χ3n) is 4.64. The van der Waals surface area contributed by atoms with Crippen LogP contribution in [0.3, 0.4) is 0 Å². The highest BCUT2D eigenvalue weighted by molar-refractivity contribution is 4.78. The number of rotatable bonds is 5. The Morgan fingerprint density at radius 2 is 2.00 bits per heavy atom. The first-order valence-corrected chi connectivity index (χ1v) is 7.89. The molecule has 0 saturated carbocycles. The molecule has 3 nitrogen and oxygen atoms in total. The van der Waals surface area contributed by atoms with Crippen LogP contribution in [0.15, 0.2) is 0 Å². The van der Waals surface area contributed by atoms with Gasteiger partial charge in [-0.25, -0.2) is 0 Å². The zero-order valence-corrected chi connectivity index (χ0v) is 12.3. The van der Waals surface area contributed by atoms with Crippen molar-refractivity contribution in [1.82, 2.24) is 15.5 Å². The smallest absolute Gasteiger partial charge is 0.00817 e. The number of hydrogen-bond acceptors (Lipinski definition) is 3. The quantitative estimate of drug-likeness (QED) is 0.783. The van der Waals surface area contributed by atoms with E-state index >= 15 is 0 Å². The van der Waals surface area contributed by atoms with E-state index in [2.05, 4.69) is 29.5 Å². The number of nitrogens with zero attached hydrogens (tertiary/aromatic N) is 1. The van der Waals surface area contributed by atoms with Gasteiger partial charge in [-0.05, 0) is 78.2 Å². The predicted octanol–water partition coefficient (Wildman–Crippen LogP) is 1.84. The lowest BCUT2D eigenvalue weighted by atomic mass is 9.95. The van der Waals surface area contributed by atoms with E-state index in [1.807, 2.05) is 0 Å². The molecule has 0 bridgehead atoms. The van der Waals surface area contributed by atoms with Gasteiger partial charge >= 0.3 is 0 Å². The van der Waals surface area contributed by atoms with Gasteiger partial charge in [0.2, 0.25) is 0 Å². The standard InChI is InChI=1S/C15H31N3/c1-13(11-15-5-3-4-8-16-15)17-12-14-6-9-18(2)10-7-14/h13-17H,3-12H2,1-2H3. The van der Waals surface area contributed by atoms with E-state index in [0.717, 1.165) is 12.0 Å². The highest BCUT2D eigenvalue weighted by Gasteiger charge is 2.19. The second-order valence-electron chi connectivity index (χ2n) is 6.44. The molecule has 2 aliphatic heterocycles. The maximum absolute atomic E-state index is 3.76. The van der Waals surface area contributed by atoms with E-state index < -0.39 is 0 Å². The van der Waals surface area contributed by atoms with Gasteiger partial charge in [-0.2, -0.15) is 0 Å². The molecule has 2 saturated heterocycles. The molecule has 0 spiro atoms. The summed E-state index contributed by atoms with van der Waals surface area (Å²) in [6, 6.07) is 1.43. The van der Waals surface area contributed by atoms with E-state index in [0.29, 0.717) is 6.04 Å². The van der Waals surface area contributed by atoms with Gasteiger partial charge in [0.05, 0.1) is 0 Å². The molecule has 2 fully saturated rings. The SMILES string of the molecule is CC(CC1CCCCN1)NCC1CCN(C)CC1. The molecule has 2 aliphatic rings. The molecule has 18 heavy (non-hydrogen) atoms. The number of likely N-dealkylation sites (tertiary alicyclic amines) is 1. The van der Waals surface area contributed by atoms with Crippen LogP contribution in [-0.4, -0.2) is 50.2 Å². The van der Waals surface area contributed by atoms with Crippen LogP contribution in [0.2, 0.25) is 0 Å². The lowest BCUT2D eigenvalue weighted by Crippen LogP contribution is -2.42. The second-order valence-corrected chi connectivity index (χ2v) is 6.44. The Morgan fingerprint density at radius 1 is 1.22 bits per heavy atom. The largest absolute Gasteiger partial charge is 0.314 e. The summed E-state index contributed by atoms with van der Waals surface area (Å²) in [6.07, 6.45) is 8.20. The van der Waals surface area contributed by atoms with Crippen molar-refractivity contribution in [1.29, 1.82) is 0 Å². The monoisotopic (exact) mass is 253 g/mol. The average Bonchev–Trinajstić information content (AvgIpc) is 2.39. The normalized spacial score (nSPS) is 29.3. The second kappa shape index (κ2) is 7.46. The van der Waals surface area contributed by atoms with Gasteiger partial charge in [0.15, 0.2) is 0 Å². The van der Waals surface area contributed by atoms with Crippen LogP contribution in [0, 0.1) is 5.92 Å². The summed E-state index contributed by atoms with van der Waals surface area (Å²) < 4.78 is 0. The van der Waals surface area contributed by atoms with E-state index in [-0.39, 0.29) is 0 Å². The highest BCUT2D eigenvalue weighted by Crippen LogP contribution is 2.16. The molecule has 3 heteroatoms. The predicted molar refractivity (Wildman–Crippen MR) is 77.9 cm³/mol. The van der Waals surface area contributed by atoms with Crippen LogP contribution < -0.4 is 10.6 Å². The number of piperidine rings is 2. The van der Waals surface area contributed by atoms with Gasteiger partial charge in [0.1, 0.15) is 0 Å². The average molecular weight is 253 g/mol. The molecule has 0 aliphatic carbocycles. The third kappa shape index (κ3) is 4.87. The summed E-state index contributed by atoms with van der Waals surface area (Å²) in [4.78, 5) is 2.45. The molecular formula is C15H31N3. The molecule has 0 radical (unpaired) electrons. The van der Waals surface area contributed by atoms with Crippen molar-refractivity contribution in [3.05, 3.63) is 0 Å². The summed E-state index contributed by atoms with van der Waals surface area (Å²) in [5, 5.41) is 7.40. The third-order valence-corrected chi connectivity index (χ3v) is 4.64. The molecule has 106 valence electrons. The summed E-state index contributed by atoms with van der Waals surface area (Å²) in [7, 11) is 2.24. The molecule has 2 unspecified atom stereocenters. The van der Waals surface area contributed by atoms with Gasteiger partial charge < -0.3 is 15.5 Å². The molecular weight excluding hydrogens is 222 g/mol. The summed E-state index contributed by atoms with van der Waals surface area (Å²) in [5.74, 6) is 0.906. The zero-order valence-electron chi connectivity index (χ0n) is 12.3. The minimum absolute atomic E-state index is 0.667. The fourth-order valence-electron chi connectivity index (χ4n) is 3.27. The Balaban J connectivity index is 1.57. The van der Waals surface area contributed by atoms with Crippen molar-refractivity contribution in [2.45, 2.75) is 57.5 Å². The van der Waals surface area contributed by atoms with Gasteiger partial charge in [-0.15, -0.1) is 0 Å². The highest BCUT2D eigenvalue weighted by atomic mass is 15.1. The van der Waals surface area contributed by atoms with E-state index in [4.69, 9.17) is 0 Å². The summed E-state index contributed by atoms with van der Waals surface area (Å²) in [6.45, 7) is 7.37. The molecule has 2 heterocycles. The maximum atomic E-state index is 3.76. The summed E-state index contributed by atoms with van der Waals surface area (Å²) in [5.41, 5.74) is 0. The zero-order chi connectivity index (χ0) is 12.8. The van der Waals surface area contributed by atoms with Crippen LogP contribution in [0.4, 0.5) is 0 Å². The van der Waals surface area contributed by atoms with Crippen LogP contribution in [-0.2, 0) is 0 Å². The van der Waals surface area contributed by atoms with Crippen molar-refractivity contribution in [2.24, 2.45) is 5.92 Å². The van der Waals surface area contributed by atoms with Crippen molar-refractivity contribution in [3.63, 3.8) is 0 Å². The molecule has 0 aromatic heterocycles. The number of nitrogens with one attached hydrogen (secondary N) is 2. The van der Waals surface area contributed by atoms with E-state index in [1.165, 1.54) is 64.7 Å². The van der Waals surface area contributed by atoms with Crippen molar-refractivity contribution < 1.29 is 0 Å². The lowest BCUT2D eigenvalue weighted by Gasteiger charge is -2.31. The van der Waals surface area contributed by atoms with Crippen molar-refractivity contribution >= 4 is 0 Å². The fraction of sp³-hybridized carbons (Fsp3) is 1.00. The summed E-state index contributed by atoms with van der Waals surface area (Å²) >= 11 is 0. The van der Waals surface area contributed by atoms with Crippen LogP contribution in [0.5, 0.6) is 0 Å². The van der Waals surface area contributed by atoms with E-state index in [9.17, 15) is 0 Å². The lowest BCUT2D eigenvalue weighted by molar-refractivity contribution is 0.211. The van der Waals surface area contributed by atoms with Gasteiger partial charge in [-0.1, -0.05) is 6.42 Å². The number of hydrogen-bond donors (Lipinski definition) is 2. The topological polar surface area (TPSA) is 27.3 Å². The Hall–Kier alpha value is -0.120. The van der Waals surface area contributed by atoms with Crippen LogP contribution in [0.25, 0.3) is 0 Å². The van der Waals surface area contributed by atoms with Gasteiger partial charge in [-0.3, -0.25) is 0 Å². The van der Waals surface area contributed by atoms with Crippen LogP contribution >= 0.6 is 0 Å². The molecule has 2 N–H and O–H groups in total. The van der Waals surface area contributed by atoms with E-state index in [1.54, 1.807) is 0 Å². The molecule has 0 amide bonds.